The van der Waals surface area contributed by atoms with Gasteiger partial charge in [0, 0.05) is 18.0 Å². The van der Waals surface area contributed by atoms with E-state index in [9.17, 15) is 0 Å². The van der Waals surface area contributed by atoms with E-state index in [0.717, 1.165) is 23.7 Å². The van der Waals surface area contributed by atoms with Crippen LogP contribution in [0.25, 0.3) is 11.4 Å². The van der Waals surface area contributed by atoms with Crippen molar-refractivity contribution in [2.24, 2.45) is 5.92 Å². The van der Waals surface area contributed by atoms with Crippen molar-refractivity contribution in [2.75, 3.05) is 0 Å². The van der Waals surface area contributed by atoms with E-state index in [1.165, 1.54) is 94.6 Å². The molecule has 0 fully saturated rings. The largest absolute Gasteiger partial charge is 0.236 e. The lowest BCUT2D eigenvalue weighted by atomic mass is 10.0. The molecule has 0 atom stereocenters. The lowest BCUT2D eigenvalue weighted by Gasteiger charge is -2.06. The maximum absolute atomic E-state index is 4.62. The summed E-state index contributed by atoms with van der Waals surface area (Å²) in [5.41, 5.74) is 3.82. The molecule has 0 aliphatic rings. The van der Waals surface area contributed by atoms with Gasteiger partial charge in [-0.25, -0.2) is 9.97 Å². The van der Waals surface area contributed by atoms with E-state index in [-0.39, 0.29) is 0 Å². The van der Waals surface area contributed by atoms with E-state index in [2.05, 4.69) is 55.0 Å². The molecule has 166 valence electrons. The zero-order valence-electron chi connectivity index (χ0n) is 19.8. The van der Waals surface area contributed by atoms with Gasteiger partial charge in [-0.2, -0.15) is 0 Å². The lowest BCUT2D eigenvalue weighted by molar-refractivity contribution is 0.515. The highest BCUT2D eigenvalue weighted by Crippen LogP contribution is 2.18. The Bertz CT molecular complexity index is 658. The second kappa shape index (κ2) is 15.2. The fourth-order valence-electron chi connectivity index (χ4n) is 3.97. The van der Waals surface area contributed by atoms with Crippen molar-refractivity contribution in [2.45, 2.75) is 111 Å². The maximum atomic E-state index is 4.62. The highest BCUT2D eigenvalue weighted by molar-refractivity contribution is 5.55. The molecule has 1 heterocycles. The standard InChI is InChI=1S/C28H44N2/c1-4-5-6-7-10-13-16-25-18-20-27(21-19-25)28-29-22-26(23-30-28)17-14-11-8-9-12-15-24(2)3/h18-24H,4-17H2,1-3H3. The Kier molecular flexibility index (Phi) is 12.4. The van der Waals surface area contributed by atoms with Gasteiger partial charge in [0.1, 0.15) is 0 Å². The Morgan fingerprint density at radius 2 is 1.17 bits per heavy atom. The zero-order chi connectivity index (χ0) is 21.4. The summed E-state index contributed by atoms with van der Waals surface area (Å²) in [6.07, 6.45) is 22.5. The fourth-order valence-corrected chi connectivity index (χ4v) is 3.97. The Hall–Kier alpha value is -1.70. The van der Waals surface area contributed by atoms with Gasteiger partial charge in [-0.15, -0.1) is 0 Å². The Morgan fingerprint density at radius 1 is 0.633 bits per heavy atom. The maximum Gasteiger partial charge on any atom is 0.159 e. The Labute approximate surface area is 185 Å². The molecule has 0 saturated heterocycles. The van der Waals surface area contributed by atoms with E-state index < -0.39 is 0 Å². The van der Waals surface area contributed by atoms with E-state index in [1.54, 1.807) is 0 Å². The van der Waals surface area contributed by atoms with Crippen molar-refractivity contribution in [3.8, 4) is 11.4 Å². The van der Waals surface area contributed by atoms with Crippen LogP contribution in [-0.2, 0) is 12.8 Å². The van der Waals surface area contributed by atoms with Crippen molar-refractivity contribution in [1.82, 2.24) is 9.97 Å². The molecule has 2 heteroatoms. The zero-order valence-corrected chi connectivity index (χ0v) is 19.8. The van der Waals surface area contributed by atoms with Crippen LogP contribution >= 0.6 is 0 Å². The minimum Gasteiger partial charge on any atom is -0.236 e. The minimum atomic E-state index is 0.845. The van der Waals surface area contributed by atoms with Crippen LogP contribution < -0.4 is 0 Å². The third-order valence-corrected chi connectivity index (χ3v) is 5.98. The van der Waals surface area contributed by atoms with Gasteiger partial charge in [0.15, 0.2) is 5.82 Å². The number of hydrogen-bond acceptors (Lipinski definition) is 2. The highest BCUT2D eigenvalue weighted by Gasteiger charge is 2.03. The normalized spacial score (nSPS) is 11.3. The fraction of sp³-hybridized carbons (Fsp3) is 0.643. The first kappa shape index (κ1) is 24.6. The number of aromatic nitrogens is 2. The summed E-state index contributed by atoms with van der Waals surface area (Å²) in [5, 5.41) is 0. The van der Waals surface area contributed by atoms with Crippen molar-refractivity contribution in [3.63, 3.8) is 0 Å². The molecule has 1 aromatic heterocycles. The number of benzene rings is 1. The second-order valence-electron chi connectivity index (χ2n) is 9.33. The van der Waals surface area contributed by atoms with Crippen molar-refractivity contribution in [3.05, 3.63) is 47.8 Å². The minimum absolute atomic E-state index is 0.845. The first-order valence-corrected chi connectivity index (χ1v) is 12.6. The molecule has 1 aromatic carbocycles. The first-order chi connectivity index (χ1) is 14.7. The summed E-state index contributed by atoms with van der Waals surface area (Å²) >= 11 is 0. The average Bonchev–Trinajstić information content (AvgIpc) is 2.76. The van der Waals surface area contributed by atoms with Gasteiger partial charge in [0.25, 0.3) is 0 Å². The van der Waals surface area contributed by atoms with Gasteiger partial charge < -0.3 is 0 Å². The average molecular weight is 409 g/mol. The molecule has 0 radical (unpaired) electrons. The third-order valence-electron chi connectivity index (χ3n) is 5.98. The molecule has 0 bridgehead atoms. The molecule has 0 unspecified atom stereocenters. The summed E-state index contributed by atoms with van der Waals surface area (Å²) in [6, 6.07) is 8.85. The number of nitrogens with zero attached hydrogens (tertiary/aromatic N) is 2. The summed E-state index contributed by atoms with van der Waals surface area (Å²) in [5.74, 6) is 1.69. The predicted molar refractivity (Wildman–Crippen MR) is 131 cm³/mol. The van der Waals surface area contributed by atoms with Gasteiger partial charge in [-0.05, 0) is 42.7 Å². The molecule has 0 saturated carbocycles. The van der Waals surface area contributed by atoms with Crippen LogP contribution in [0.1, 0.15) is 109 Å². The number of aryl methyl sites for hydroxylation is 2. The van der Waals surface area contributed by atoms with E-state index in [0.29, 0.717) is 0 Å². The number of hydrogen-bond donors (Lipinski definition) is 0. The molecule has 2 aromatic rings. The summed E-state index contributed by atoms with van der Waals surface area (Å²) in [6.45, 7) is 6.90. The number of rotatable bonds is 16. The Balaban J connectivity index is 1.66. The van der Waals surface area contributed by atoms with Crippen molar-refractivity contribution in [1.29, 1.82) is 0 Å². The van der Waals surface area contributed by atoms with Crippen LogP contribution in [0, 0.1) is 5.92 Å². The SMILES string of the molecule is CCCCCCCCc1ccc(-c2ncc(CCCCCCCC(C)C)cn2)cc1. The molecule has 0 spiro atoms. The summed E-state index contributed by atoms with van der Waals surface area (Å²) in [7, 11) is 0. The summed E-state index contributed by atoms with van der Waals surface area (Å²) in [4.78, 5) is 9.24. The van der Waals surface area contributed by atoms with Gasteiger partial charge in [-0.1, -0.05) is 109 Å². The highest BCUT2D eigenvalue weighted by atomic mass is 14.9. The molecule has 0 aliphatic heterocycles. The molecule has 0 N–H and O–H groups in total. The topological polar surface area (TPSA) is 25.8 Å². The predicted octanol–water partition coefficient (Wildman–Crippen LogP) is 8.59. The van der Waals surface area contributed by atoms with Crippen molar-refractivity contribution >= 4 is 0 Å². The van der Waals surface area contributed by atoms with Crippen molar-refractivity contribution < 1.29 is 0 Å². The Morgan fingerprint density at radius 3 is 1.77 bits per heavy atom. The first-order valence-electron chi connectivity index (χ1n) is 12.6. The van der Waals surface area contributed by atoms with Gasteiger partial charge in [-0.3, -0.25) is 0 Å². The quantitative estimate of drug-likeness (QED) is 0.260. The molecule has 0 aliphatic carbocycles. The van der Waals surface area contributed by atoms with E-state index in [1.807, 2.05) is 12.4 Å². The molecule has 2 nitrogen and oxygen atoms in total. The monoisotopic (exact) mass is 408 g/mol. The molecular weight excluding hydrogens is 364 g/mol. The number of unbranched alkanes of at least 4 members (excludes halogenated alkanes) is 9. The summed E-state index contributed by atoms with van der Waals surface area (Å²) < 4.78 is 0. The molecule has 0 amide bonds. The molecule has 30 heavy (non-hydrogen) atoms. The van der Waals surface area contributed by atoms with Gasteiger partial charge >= 0.3 is 0 Å². The van der Waals surface area contributed by atoms with Gasteiger partial charge in [0.05, 0.1) is 0 Å². The second-order valence-corrected chi connectivity index (χ2v) is 9.33. The third kappa shape index (κ3) is 10.4. The van der Waals surface area contributed by atoms with E-state index in [4.69, 9.17) is 0 Å². The van der Waals surface area contributed by atoms with E-state index >= 15 is 0 Å². The smallest absolute Gasteiger partial charge is 0.159 e. The van der Waals surface area contributed by atoms with Crippen LogP contribution in [0.4, 0.5) is 0 Å². The molecule has 2 rings (SSSR count). The lowest BCUT2D eigenvalue weighted by Crippen LogP contribution is -1.94. The molecular formula is C28H44N2. The van der Waals surface area contributed by atoms with Crippen LogP contribution in [0.3, 0.4) is 0 Å². The van der Waals surface area contributed by atoms with Crippen LogP contribution in [-0.4, -0.2) is 9.97 Å². The van der Waals surface area contributed by atoms with Gasteiger partial charge in [0.2, 0.25) is 0 Å². The van der Waals surface area contributed by atoms with Crippen LogP contribution in [0.15, 0.2) is 36.7 Å². The van der Waals surface area contributed by atoms with Crippen LogP contribution in [0.5, 0.6) is 0 Å². The van der Waals surface area contributed by atoms with Crippen LogP contribution in [0.2, 0.25) is 0 Å².